The third-order valence-electron chi connectivity index (χ3n) is 6.41. The minimum Gasteiger partial charge on any atom is -0.268 e. The highest BCUT2D eigenvalue weighted by Gasteiger charge is 2.48. The van der Waals surface area contributed by atoms with Crippen molar-refractivity contribution in [3.05, 3.63) is 93.4 Å². The highest BCUT2D eigenvalue weighted by molar-refractivity contribution is 8.90. The van der Waals surface area contributed by atoms with Crippen LogP contribution >= 0.6 is 39.0 Å². The molecule has 0 unspecified atom stereocenters. The number of carbonyl (C=O) groups is 2. The Morgan fingerprint density at radius 1 is 0.706 bits per heavy atom. The molecule has 2 aliphatic carbocycles. The number of benzene rings is 3. The van der Waals surface area contributed by atoms with Gasteiger partial charge in [-0.05, 0) is 110 Å². The van der Waals surface area contributed by atoms with Crippen molar-refractivity contribution in [2.45, 2.75) is 25.7 Å². The lowest BCUT2D eigenvalue weighted by Crippen LogP contribution is -2.33. The van der Waals surface area contributed by atoms with Gasteiger partial charge in [0.1, 0.15) is 0 Å². The Morgan fingerprint density at radius 2 is 1.32 bits per heavy atom. The zero-order valence-electron chi connectivity index (χ0n) is 18.6. The van der Waals surface area contributed by atoms with E-state index in [9.17, 15) is 9.59 Å². The molecule has 1 heterocycles. The first kappa shape index (κ1) is 23.5. The van der Waals surface area contributed by atoms with E-state index in [0.717, 1.165) is 10.7 Å². The van der Waals surface area contributed by atoms with Crippen LogP contribution in [0.1, 0.15) is 44.7 Å². The maximum atomic E-state index is 11.9. The number of nitrogens with zero attached hydrogens (tertiary/aromatic N) is 1. The average molecular weight is 533 g/mol. The molecule has 2 amide bonds. The van der Waals surface area contributed by atoms with Gasteiger partial charge in [-0.25, -0.2) is 4.31 Å². The number of fused-ring (bicyclic) bond motifs is 6. The molecule has 3 aromatic rings. The molecule has 34 heavy (non-hydrogen) atoms. The summed E-state index contributed by atoms with van der Waals surface area (Å²) in [5.74, 6) is -1.08. The maximum absolute atomic E-state index is 11.9. The second kappa shape index (κ2) is 8.46. The van der Waals surface area contributed by atoms with Crippen molar-refractivity contribution < 1.29 is 9.59 Å². The predicted octanol–water partition coefficient (Wildman–Crippen LogP) is 6.17. The summed E-state index contributed by atoms with van der Waals surface area (Å²) < 4.78 is 0.765. The van der Waals surface area contributed by atoms with E-state index >= 15 is 0 Å². The molecule has 0 spiro atoms. The Balaban J connectivity index is 0.000000143. The molecule has 3 aliphatic rings. The van der Waals surface area contributed by atoms with Crippen LogP contribution in [0.2, 0.25) is 0 Å². The Labute approximate surface area is 212 Å². The lowest BCUT2D eigenvalue weighted by molar-refractivity contribution is 0.0774. The first-order valence-electron chi connectivity index (χ1n) is 11.2. The summed E-state index contributed by atoms with van der Waals surface area (Å²) in [7, 11) is 17.8. The minimum absolute atomic E-state index is 0.283. The highest BCUT2D eigenvalue weighted by atomic mass is 36.2. The molecule has 0 bridgehead atoms. The molecule has 0 fully saturated rings. The van der Waals surface area contributed by atoms with Crippen molar-refractivity contribution in [2.24, 2.45) is 0 Å². The Morgan fingerprint density at radius 3 is 1.97 bits per heavy atom. The van der Waals surface area contributed by atoms with Gasteiger partial charge in [-0.15, -0.1) is 0 Å². The summed E-state index contributed by atoms with van der Waals surface area (Å²) in [4.78, 5) is 23.9. The monoisotopic (exact) mass is 531 g/mol. The fourth-order valence-corrected chi connectivity index (χ4v) is 7.10. The first-order chi connectivity index (χ1) is 16.1. The third-order valence-corrected chi connectivity index (χ3v) is 8.99. The SMILES string of the molecule is C1=c2c(ccc3c2=CCc2ccccc2-3)CCC1.C[SH](Cl)(Cl)(Cl)N1C(=O)c2ccccc2C1=O. The van der Waals surface area contributed by atoms with Gasteiger partial charge in [-0.1, -0.05) is 60.7 Å². The summed E-state index contributed by atoms with van der Waals surface area (Å²) in [6, 6.07) is 19.9. The first-order valence-corrected chi connectivity index (χ1v) is 16.5. The summed E-state index contributed by atoms with van der Waals surface area (Å²) in [6.45, 7) is -3.97. The third kappa shape index (κ3) is 4.18. The van der Waals surface area contributed by atoms with E-state index in [2.05, 4.69) is 48.6 Å². The van der Waals surface area contributed by atoms with Crippen molar-refractivity contribution in [1.82, 2.24) is 4.31 Å². The Kier molecular flexibility index (Phi) is 5.84. The standard InChI is InChI=1S/C18H16.C9H8Cl3NO2S/c1-3-7-15-13(5-1)9-11-18-16-8-4-2-6-14(16)10-12-17(15)18;1-16(10,11,12)13-8(14)6-4-2-3-5-7(6)9(13)15/h1,3,5,7-8,10-12H,2,4,6,9H2;2-5,16H,1H3. The van der Waals surface area contributed by atoms with Gasteiger partial charge in [0.15, 0.2) is 0 Å². The maximum Gasteiger partial charge on any atom is 0.271 e. The number of hydrogen-bond acceptors (Lipinski definition) is 2. The molecule has 7 heteroatoms. The molecule has 0 N–H and O–H groups in total. The molecular formula is C27H24Cl3NO2S. The van der Waals surface area contributed by atoms with Gasteiger partial charge in [0.2, 0.25) is 0 Å². The van der Waals surface area contributed by atoms with Crippen LogP contribution in [0.15, 0.2) is 60.7 Å². The average Bonchev–Trinajstić information content (AvgIpc) is 3.09. The van der Waals surface area contributed by atoms with Gasteiger partial charge in [0.05, 0.1) is 11.1 Å². The second-order valence-electron chi connectivity index (χ2n) is 8.85. The summed E-state index contributed by atoms with van der Waals surface area (Å²) >= 11 is 0. The van der Waals surface area contributed by atoms with Crippen molar-refractivity contribution in [3.8, 4) is 11.1 Å². The zero-order chi connectivity index (χ0) is 24.1. The quantitative estimate of drug-likeness (QED) is 0.301. The molecular weight excluding hydrogens is 509 g/mol. The van der Waals surface area contributed by atoms with E-state index < -0.39 is 18.8 Å². The van der Waals surface area contributed by atoms with Crippen LogP contribution < -0.4 is 10.4 Å². The number of rotatable bonds is 1. The summed E-state index contributed by atoms with van der Waals surface area (Å²) in [5.41, 5.74) is 6.41. The summed E-state index contributed by atoms with van der Waals surface area (Å²) in [5, 5.41) is 2.99. The molecule has 6 rings (SSSR count). The van der Waals surface area contributed by atoms with Crippen LogP contribution in [0.25, 0.3) is 23.3 Å². The number of thiol groups is 1. The van der Waals surface area contributed by atoms with Crippen LogP contribution in [0.4, 0.5) is 0 Å². The molecule has 1 aliphatic heterocycles. The van der Waals surface area contributed by atoms with Crippen LogP contribution in [-0.2, 0) is 12.8 Å². The van der Waals surface area contributed by atoms with Crippen molar-refractivity contribution in [2.75, 3.05) is 6.26 Å². The summed E-state index contributed by atoms with van der Waals surface area (Å²) in [6.07, 6.45) is 11.0. The minimum atomic E-state index is -3.97. The van der Waals surface area contributed by atoms with Crippen LogP contribution in [0, 0.1) is 0 Å². The molecule has 0 radical (unpaired) electrons. The number of aryl methyl sites for hydroxylation is 1. The molecule has 176 valence electrons. The normalized spacial score (nSPS) is 16.9. The smallest absolute Gasteiger partial charge is 0.268 e. The number of halogens is 3. The van der Waals surface area contributed by atoms with Gasteiger partial charge < -0.3 is 0 Å². The predicted molar refractivity (Wildman–Crippen MR) is 146 cm³/mol. The highest BCUT2D eigenvalue weighted by Crippen LogP contribution is 2.83. The lowest BCUT2D eigenvalue weighted by atomic mass is 9.87. The fraction of sp³-hybridized carbons (Fsp3) is 0.185. The van der Waals surface area contributed by atoms with Crippen LogP contribution in [-0.4, -0.2) is 22.4 Å². The van der Waals surface area contributed by atoms with Crippen LogP contribution in [0.3, 0.4) is 0 Å². The number of amides is 2. The van der Waals surface area contributed by atoms with Gasteiger partial charge >= 0.3 is 0 Å². The number of imide groups is 1. The molecule has 0 aromatic heterocycles. The number of carbonyl (C=O) groups excluding carboxylic acids is 2. The fourth-order valence-electron chi connectivity index (χ4n) is 4.87. The topological polar surface area (TPSA) is 37.4 Å². The van der Waals surface area contributed by atoms with E-state index in [-0.39, 0.29) is 11.1 Å². The van der Waals surface area contributed by atoms with Crippen molar-refractivity contribution in [1.29, 1.82) is 0 Å². The van der Waals surface area contributed by atoms with E-state index in [1.165, 1.54) is 58.2 Å². The molecule has 3 nitrogen and oxygen atoms in total. The zero-order valence-corrected chi connectivity index (χ0v) is 21.8. The molecule has 0 atom stereocenters. The largest absolute Gasteiger partial charge is 0.271 e. The van der Waals surface area contributed by atoms with Gasteiger partial charge in [-0.2, -0.15) is 0 Å². The van der Waals surface area contributed by atoms with E-state index in [1.807, 2.05) is 0 Å². The van der Waals surface area contributed by atoms with Crippen molar-refractivity contribution >= 4 is 63.0 Å². The van der Waals surface area contributed by atoms with E-state index in [1.54, 1.807) is 24.3 Å². The Bertz CT molecular complexity index is 1430. The van der Waals surface area contributed by atoms with Crippen LogP contribution in [0.5, 0.6) is 0 Å². The van der Waals surface area contributed by atoms with E-state index in [0.29, 0.717) is 0 Å². The van der Waals surface area contributed by atoms with E-state index in [4.69, 9.17) is 32.0 Å². The Hall–Kier alpha value is -2.24. The number of hydrogen-bond donors (Lipinski definition) is 1. The second-order valence-corrected chi connectivity index (χ2v) is 20.5. The van der Waals surface area contributed by atoms with Gasteiger partial charge in [0.25, 0.3) is 11.8 Å². The van der Waals surface area contributed by atoms with Crippen molar-refractivity contribution in [3.63, 3.8) is 0 Å². The van der Waals surface area contributed by atoms with Gasteiger partial charge in [-0.3, -0.25) is 9.59 Å². The van der Waals surface area contributed by atoms with Gasteiger partial charge in [0, 0.05) is 6.26 Å². The molecule has 0 saturated carbocycles. The molecule has 0 saturated heterocycles. The lowest BCUT2D eigenvalue weighted by Gasteiger charge is -2.45. The molecule has 3 aromatic carbocycles.